The molecule has 0 aromatic heterocycles. The molecule has 0 aliphatic heterocycles. The minimum absolute atomic E-state index is 0.114. The van der Waals surface area contributed by atoms with E-state index in [1.165, 1.54) is 7.11 Å². The van der Waals surface area contributed by atoms with Gasteiger partial charge in [-0.05, 0) is 25.3 Å². The second kappa shape index (κ2) is 8.10. The molecule has 0 aromatic rings. The van der Waals surface area contributed by atoms with Gasteiger partial charge in [0.15, 0.2) is 0 Å². The van der Waals surface area contributed by atoms with Crippen LogP contribution in [0.3, 0.4) is 0 Å². The van der Waals surface area contributed by atoms with Gasteiger partial charge in [-0.3, -0.25) is 9.59 Å². The average Bonchev–Trinajstić information content (AvgIpc) is 2.20. The normalized spacial score (nSPS) is 12.5. The minimum atomic E-state index is -0.819. The van der Waals surface area contributed by atoms with Crippen LogP contribution in [0.1, 0.15) is 33.1 Å². The molecule has 5 nitrogen and oxygen atoms in total. The van der Waals surface area contributed by atoms with Crippen LogP contribution in [0.5, 0.6) is 0 Å². The molecular formula is C11H21NO4. The van der Waals surface area contributed by atoms with E-state index in [1.54, 1.807) is 0 Å². The molecule has 1 unspecified atom stereocenters. The van der Waals surface area contributed by atoms with E-state index < -0.39 is 5.97 Å². The van der Waals surface area contributed by atoms with Gasteiger partial charge in [-0.15, -0.1) is 0 Å². The molecular weight excluding hydrogens is 210 g/mol. The Balaban J connectivity index is 3.92. The van der Waals surface area contributed by atoms with Gasteiger partial charge in [-0.1, -0.05) is 13.8 Å². The Morgan fingerprint density at radius 1 is 1.38 bits per heavy atom. The summed E-state index contributed by atoms with van der Waals surface area (Å²) < 4.78 is 4.67. The summed E-state index contributed by atoms with van der Waals surface area (Å²) in [6.07, 6.45) is 1.32. The number of nitrogens with one attached hydrogen (secondary N) is 1. The number of ether oxygens (including phenoxy) is 1. The summed E-state index contributed by atoms with van der Waals surface area (Å²) in [7, 11) is 1.36. The Labute approximate surface area is 96.2 Å². The number of methoxy groups -OCH3 is 1. The fourth-order valence-electron chi connectivity index (χ4n) is 1.39. The Kier molecular flexibility index (Phi) is 7.54. The van der Waals surface area contributed by atoms with Crippen LogP contribution in [0, 0.1) is 5.92 Å². The Hall–Kier alpha value is -1.10. The molecule has 0 aromatic carbocycles. The summed E-state index contributed by atoms with van der Waals surface area (Å²) in [6.45, 7) is 4.56. The molecule has 0 radical (unpaired) electrons. The third kappa shape index (κ3) is 7.23. The Morgan fingerprint density at radius 2 is 2.00 bits per heavy atom. The van der Waals surface area contributed by atoms with Gasteiger partial charge in [-0.2, -0.15) is 0 Å². The van der Waals surface area contributed by atoms with E-state index in [9.17, 15) is 9.59 Å². The second-order valence-electron chi connectivity index (χ2n) is 4.16. The molecule has 0 rings (SSSR count). The van der Waals surface area contributed by atoms with Crippen LogP contribution in [-0.4, -0.2) is 36.7 Å². The third-order valence-corrected chi connectivity index (χ3v) is 2.15. The largest absolute Gasteiger partial charge is 0.481 e. The molecule has 2 N–H and O–H groups in total. The van der Waals surface area contributed by atoms with E-state index in [0.29, 0.717) is 25.3 Å². The molecule has 0 fully saturated rings. The molecule has 0 spiro atoms. The van der Waals surface area contributed by atoms with Crippen molar-refractivity contribution in [1.29, 1.82) is 0 Å². The summed E-state index contributed by atoms with van der Waals surface area (Å²) >= 11 is 0. The number of rotatable bonds is 8. The summed E-state index contributed by atoms with van der Waals surface area (Å²) in [5.41, 5.74) is 0. The predicted molar refractivity (Wildman–Crippen MR) is 60.1 cm³/mol. The first-order chi connectivity index (χ1) is 7.47. The fourth-order valence-corrected chi connectivity index (χ4v) is 1.39. The molecule has 0 aliphatic rings. The van der Waals surface area contributed by atoms with E-state index in [1.807, 2.05) is 13.8 Å². The van der Waals surface area contributed by atoms with E-state index in [-0.39, 0.29) is 18.4 Å². The number of carbonyl (C=O) groups excluding carboxylic acids is 1. The molecule has 0 aliphatic carbocycles. The van der Waals surface area contributed by atoms with Crippen molar-refractivity contribution in [1.82, 2.24) is 5.32 Å². The molecule has 16 heavy (non-hydrogen) atoms. The van der Waals surface area contributed by atoms with Crippen LogP contribution < -0.4 is 5.32 Å². The predicted octanol–water partition coefficient (Wildman–Crippen LogP) is 1.03. The third-order valence-electron chi connectivity index (χ3n) is 2.15. The molecule has 1 atom stereocenters. The van der Waals surface area contributed by atoms with Gasteiger partial charge in [0, 0.05) is 6.42 Å². The molecule has 5 heteroatoms. The van der Waals surface area contributed by atoms with E-state index in [0.717, 1.165) is 0 Å². The van der Waals surface area contributed by atoms with Crippen LogP contribution in [0.25, 0.3) is 0 Å². The Morgan fingerprint density at radius 3 is 2.44 bits per heavy atom. The second-order valence-corrected chi connectivity index (χ2v) is 4.16. The van der Waals surface area contributed by atoms with Crippen molar-refractivity contribution >= 4 is 11.9 Å². The maximum Gasteiger partial charge on any atom is 0.322 e. The number of esters is 1. The van der Waals surface area contributed by atoms with Gasteiger partial charge in [0.05, 0.1) is 7.11 Å². The number of aliphatic carboxylic acids is 1. The summed E-state index contributed by atoms with van der Waals surface area (Å²) in [4.78, 5) is 21.7. The van der Waals surface area contributed by atoms with Gasteiger partial charge < -0.3 is 15.2 Å². The van der Waals surface area contributed by atoms with Crippen molar-refractivity contribution in [3.05, 3.63) is 0 Å². The highest BCUT2D eigenvalue weighted by molar-refractivity contribution is 5.75. The first-order valence-electron chi connectivity index (χ1n) is 5.50. The smallest absolute Gasteiger partial charge is 0.322 e. The fraction of sp³-hybridized carbons (Fsp3) is 0.818. The molecule has 0 saturated heterocycles. The maximum atomic E-state index is 11.4. The van der Waals surface area contributed by atoms with Crippen molar-refractivity contribution in [2.45, 2.75) is 39.2 Å². The van der Waals surface area contributed by atoms with E-state index in [4.69, 9.17) is 5.11 Å². The number of hydrogen-bond donors (Lipinski definition) is 2. The number of hydrogen-bond acceptors (Lipinski definition) is 4. The molecule has 0 amide bonds. The van der Waals surface area contributed by atoms with Gasteiger partial charge in [0.2, 0.25) is 0 Å². The van der Waals surface area contributed by atoms with Gasteiger partial charge in [0.25, 0.3) is 0 Å². The minimum Gasteiger partial charge on any atom is -0.481 e. The molecule has 0 saturated carbocycles. The quantitative estimate of drug-likeness (QED) is 0.482. The van der Waals surface area contributed by atoms with Crippen LogP contribution in [0.15, 0.2) is 0 Å². The zero-order valence-corrected chi connectivity index (χ0v) is 10.2. The molecule has 0 bridgehead atoms. The van der Waals surface area contributed by atoms with E-state index >= 15 is 0 Å². The summed E-state index contributed by atoms with van der Waals surface area (Å²) in [5.74, 6) is -0.722. The number of carboxylic acid groups (broad SMARTS) is 1. The zero-order valence-electron chi connectivity index (χ0n) is 10.2. The van der Waals surface area contributed by atoms with Crippen LogP contribution in [0.4, 0.5) is 0 Å². The van der Waals surface area contributed by atoms with Crippen molar-refractivity contribution in [3.8, 4) is 0 Å². The maximum absolute atomic E-state index is 11.4. The lowest BCUT2D eigenvalue weighted by Crippen LogP contribution is -2.39. The van der Waals surface area contributed by atoms with Crippen molar-refractivity contribution in [2.75, 3.05) is 13.7 Å². The van der Waals surface area contributed by atoms with Gasteiger partial charge in [0.1, 0.15) is 6.04 Å². The lowest BCUT2D eigenvalue weighted by Gasteiger charge is -2.17. The Bertz CT molecular complexity index is 228. The van der Waals surface area contributed by atoms with Crippen LogP contribution >= 0.6 is 0 Å². The lowest BCUT2D eigenvalue weighted by atomic mass is 10.0. The van der Waals surface area contributed by atoms with Crippen LogP contribution in [-0.2, 0) is 14.3 Å². The topological polar surface area (TPSA) is 75.6 Å². The average molecular weight is 231 g/mol. The van der Waals surface area contributed by atoms with Crippen molar-refractivity contribution in [2.24, 2.45) is 5.92 Å². The van der Waals surface area contributed by atoms with Crippen LogP contribution in [0.2, 0.25) is 0 Å². The summed E-state index contributed by atoms with van der Waals surface area (Å²) in [5, 5.41) is 11.5. The first-order valence-corrected chi connectivity index (χ1v) is 5.50. The van der Waals surface area contributed by atoms with Gasteiger partial charge >= 0.3 is 11.9 Å². The zero-order chi connectivity index (χ0) is 12.6. The highest BCUT2D eigenvalue weighted by atomic mass is 16.5. The van der Waals surface area contributed by atoms with Crippen molar-refractivity contribution < 1.29 is 19.4 Å². The monoisotopic (exact) mass is 231 g/mol. The number of carbonyl (C=O) groups is 2. The first kappa shape index (κ1) is 14.9. The SMILES string of the molecule is COC(=O)C(CC(C)C)NCCCC(=O)O. The van der Waals surface area contributed by atoms with Crippen molar-refractivity contribution in [3.63, 3.8) is 0 Å². The molecule has 0 heterocycles. The molecule has 94 valence electrons. The number of carboxylic acids is 1. The lowest BCUT2D eigenvalue weighted by molar-refractivity contribution is -0.143. The summed E-state index contributed by atoms with van der Waals surface area (Å²) in [6, 6.07) is -0.334. The highest BCUT2D eigenvalue weighted by Gasteiger charge is 2.19. The standard InChI is InChI=1S/C11H21NO4/c1-8(2)7-9(11(15)16-3)12-6-4-5-10(13)14/h8-9,12H,4-7H2,1-3H3,(H,13,14). The highest BCUT2D eigenvalue weighted by Crippen LogP contribution is 2.06. The van der Waals surface area contributed by atoms with E-state index in [2.05, 4.69) is 10.1 Å². The van der Waals surface area contributed by atoms with Gasteiger partial charge in [-0.25, -0.2) is 0 Å².